The van der Waals surface area contributed by atoms with Crippen molar-refractivity contribution in [3.63, 3.8) is 0 Å². The van der Waals surface area contributed by atoms with Crippen LogP contribution in [0.4, 0.5) is 0 Å². The molecular weight excluding hydrogens is 232 g/mol. The van der Waals surface area contributed by atoms with Crippen molar-refractivity contribution in [2.75, 3.05) is 0 Å². The fraction of sp³-hybridized carbons (Fsp3) is 0.714. The van der Waals surface area contributed by atoms with Gasteiger partial charge in [-0.05, 0) is 18.9 Å². The maximum Gasteiger partial charge on any atom is 0.371 e. The Morgan fingerprint density at radius 2 is 1.61 bits per heavy atom. The summed E-state index contributed by atoms with van der Waals surface area (Å²) in [5, 5.41) is 8.78. The second kappa shape index (κ2) is 10.8. The molecule has 0 aromatic rings. The quantitative estimate of drug-likeness (QED) is 0.280. The van der Waals surface area contributed by atoms with Crippen LogP contribution in [0.15, 0.2) is 11.8 Å². The highest BCUT2D eigenvalue weighted by Gasteiger charge is 2.10. The first kappa shape index (κ1) is 16.7. The predicted octanol–water partition coefficient (Wildman–Crippen LogP) is 3.66. The summed E-state index contributed by atoms with van der Waals surface area (Å²) in [7, 11) is 0. The summed E-state index contributed by atoms with van der Waals surface area (Å²) >= 11 is 0. The summed E-state index contributed by atoms with van der Waals surface area (Å²) in [6, 6.07) is 0. The molecule has 0 unspecified atom stereocenters. The van der Waals surface area contributed by atoms with Crippen molar-refractivity contribution >= 4 is 11.9 Å². The first-order valence-electron chi connectivity index (χ1n) is 6.69. The molecule has 4 nitrogen and oxygen atoms in total. The number of carboxylic acids is 1. The minimum absolute atomic E-state index is 0.256. The van der Waals surface area contributed by atoms with Crippen LogP contribution in [0, 0.1) is 0 Å². The van der Waals surface area contributed by atoms with E-state index in [0.717, 1.165) is 12.8 Å². The number of carboxylic acid groups (broad SMARTS) is 1. The fourth-order valence-electron chi connectivity index (χ4n) is 1.66. The maximum absolute atomic E-state index is 10.7. The number of ether oxygens (including phenoxy) is 1. The number of rotatable bonds is 10. The van der Waals surface area contributed by atoms with Gasteiger partial charge in [-0.2, -0.15) is 0 Å². The van der Waals surface area contributed by atoms with Gasteiger partial charge in [-0.1, -0.05) is 45.4 Å². The molecule has 0 aromatic heterocycles. The van der Waals surface area contributed by atoms with E-state index in [0.29, 0.717) is 6.42 Å². The first-order chi connectivity index (χ1) is 8.57. The highest BCUT2D eigenvalue weighted by Crippen LogP contribution is 2.10. The summed E-state index contributed by atoms with van der Waals surface area (Å²) in [6.07, 6.45) is 10.4. The van der Waals surface area contributed by atoms with Gasteiger partial charge in [-0.25, -0.2) is 4.79 Å². The number of hydrogen-bond donors (Lipinski definition) is 1. The van der Waals surface area contributed by atoms with Crippen molar-refractivity contribution in [3.05, 3.63) is 11.8 Å². The van der Waals surface area contributed by atoms with E-state index in [1.807, 2.05) is 0 Å². The van der Waals surface area contributed by atoms with E-state index < -0.39 is 11.9 Å². The molecule has 0 radical (unpaired) electrons. The molecule has 0 bridgehead atoms. The predicted molar refractivity (Wildman–Crippen MR) is 70.1 cm³/mol. The molecule has 0 heterocycles. The zero-order valence-corrected chi connectivity index (χ0v) is 11.4. The molecule has 18 heavy (non-hydrogen) atoms. The molecule has 0 rings (SSSR count). The maximum atomic E-state index is 10.7. The Morgan fingerprint density at radius 3 is 2.11 bits per heavy atom. The average Bonchev–Trinajstić information content (AvgIpc) is 2.30. The lowest BCUT2D eigenvalue weighted by molar-refractivity contribution is -0.146. The third kappa shape index (κ3) is 9.87. The van der Waals surface area contributed by atoms with Crippen LogP contribution in [-0.2, 0) is 14.3 Å². The number of allylic oxidation sites excluding steroid dienone is 1. The van der Waals surface area contributed by atoms with Gasteiger partial charge in [0.1, 0.15) is 0 Å². The van der Waals surface area contributed by atoms with E-state index in [1.54, 1.807) is 0 Å². The van der Waals surface area contributed by atoms with Crippen LogP contribution in [0.1, 0.15) is 65.2 Å². The molecule has 0 aliphatic heterocycles. The first-order valence-corrected chi connectivity index (χ1v) is 6.69. The molecule has 0 aliphatic carbocycles. The number of unbranched alkanes of at least 4 members (excludes halogenated alkanes) is 7. The van der Waals surface area contributed by atoms with Gasteiger partial charge < -0.3 is 9.84 Å². The number of hydrogen-bond acceptors (Lipinski definition) is 3. The molecule has 4 heteroatoms. The Balaban J connectivity index is 3.70. The van der Waals surface area contributed by atoms with Gasteiger partial charge in [0.05, 0.1) is 0 Å². The topological polar surface area (TPSA) is 63.6 Å². The Hall–Kier alpha value is -1.32. The standard InChI is InChI=1S/C14H24O4/c1-3-4-5-6-7-8-9-10-11-13(14(16)17)18-12(2)15/h11H,3-10H2,1-2H3,(H,16,17)/b13-11-. The van der Waals surface area contributed by atoms with E-state index >= 15 is 0 Å². The molecule has 0 spiro atoms. The van der Waals surface area contributed by atoms with Gasteiger partial charge in [-0.15, -0.1) is 0 Å². The van der Waals surface area contributed by atoms with Crippen LogP contribution in [0.25, 0.3) is 0 Å². The van der Waals surface area contributed by atoms with Gasteiger partial charge >= 0.3 is 11.9 Å². The van der Waals surface area contributed by atoms with Gasteiger partial charge in [0.15, 0.2) is 0 Å². The number of aliphatic carboxylic acids is 1. The molecule has 0 aliphatic rings. The minimum atomic E-state index is -1.19. The van der Waals surface area contributed by atoms with Gasteiger partial charge in [0.25, 0.3) is 0 Å². The van der Waals surface area contributed by atoms with Crippen LogP contribution in [0.2, 0.25) is 0 Å². The highest BCUT2D eigenvalue weighted by molar-refractivity contribution is 5.87. The summed E-state index contributed by atoms with van der Waals surface area (Å²) in [4.78, 5) is 21.4. The largest absolute Gasteiger partial charge is 0.475 e. The average molecular weight is 256 g/mol. The molecule has 0 saturated carbocycles. The van der Waals surface area contributed by atoms with E-state index in [-0.39, 0.29) is 5.76 Å². The second-order valence-corrected chi connectivity index (χ2v) is 4.38. The van der Waals surface area contributed by atoms with Crippen molar-refractivity contribution in [2.24, 2.45) is 0 Å². The summed E-state index contributed by atoms with van der Waals surface area (Å²) in [5.41, 5.74) is 0. The van der Waals surface area contributed by atoms with Crippen molar-refractivity contribution in [1.82, 2.24) is 0 Å². The molecular formula is C14H24O4. The number of carbonyl (C=O) groups excluding carboxylic acids is 1. The summed E-state index contributed by atoms with van der Waals surface area (Å²) in [6.45, 7) is 3.39. The minimum Gasteiger partial charge on any atom is -0.475 e. The van der Waals surface area contributed by atoms with E-state index in [4.69, 9.17) is 5.11 Å². The summed E-state index contributed by atoms with van der Waals surface area (Å²) < 4.78 is 4.59. The van der Waals surface area contributed by atoms with Crippen LogP contribution >= 0.6 is 0 Å². The molecule has 1 N–H and O–H groups in total. The third-order valence-electron chi connectivity index (χ3n) is 2.60. The Kier molecular flexibility index (Phi) is 10.0. The zero-order valence-electron chi connectivity index (χ0n) is 11.4. The zero-order chi connectivity index (χ0) is 13.8. The Morgan fingerprint density at radius 1 is 1.06 bits per heavy atom. The molecule has 0 saturated heterocycles. The van der Waals surface area contributed by atoms with Crippen molar-refractivity contribution in [2.45, 2.75) is 65.2 Å². The lowest BCUT2D eigenvalue weighted by Gasteiger charge is -2.02. The van der Waals surface area contributed by atoms with Crippen molar-refractivity contribution < 1.29 is 19.4 Å². The molecule has 0 atom stereocenters. The van der Waals surface area contributed by atoms with Crippen LogP contribution in [-0.4, -0.2) is 17.0 Å². The van der Waals surface area contributed by atoms with Crippen molar-refractivity contribution in [3.8, 4) is 0 Å². The normalized spacial score (nSPS) is 11.3. The lowest BCUT2D eigenvalue weighted by atomic mass is 10.1. The number of carbonyl (C=O) groups is 2. The second-order valence-electron chi connectivity index (χ2n) is 4.38. The van der Waals surface area contributed by atoms with Crippen LogP contribution in [0.5, 0.6) is 0 Å². The van der Waals surface area contributed by atoms with Crippen LogP contribution < -0.4 is 0 Å². The molecule has 0 aromatic carbocycles. The van der Waals surface area contributed by atoms with Gasteiger partial charge in [0, 0.05) is 6.92 Å². The molecule has 0 fully saturated rings. The highest BCUT2D eigenvalue weighted by atomic mass is 16.6. The molecule has 104 valence electrons. The third-order valence-corrected chi connectivity index (χ3v) is 2.60. The van der Waals surface area contributed by atoms with E-state index in [1.165, 1.54) is 45.1 Å². The van der Waals surface area contributed by atoms with Crippen molar-refractivity contribution in [1.29, 1.82) is 0 Å². The Bertz CT molecular complexity index is 282. The van der Waals surface area contributed by atoms with Gasteiger partial charge in [-0.3, -0.25) is 4.79 Å². The monoisotopic (exact) mass is 256 g/mol. The van der Waals surface area contributed by atoms with E-state index in [2.05, 4.69) is 11.7 Å². The smallest absolute Gasteiger partial charge is 0.371 e. The Labute approximate surface area is 109 Å². The number of esters is 1. The van der Waals surface area contributed by atoms with E-state index in [9.17, 15) is 9.59 Å². The SMILES string of the molecule is CCCCCCCCC/C=C(\OC(C)=O)C(=O)O. The summed E-state index contributed by atoms with van der Waals surface area (Å²) in [5.74, 6) is -2.04. The van der Waals surface area contributed by atoms with Crippen LogP contribution in [0.3, 0.4) is 0 Å². The fourth-order valence-corrected chi connectivity index (χ4v) is 1.66. The van der Waals surface area contributed by atoms with Gasteiger partial charge in [0.2, 0.25) is 5.76 Å². The molecule has 0 amide bonds. The lowest BCUT2D eigenvalue weighted by Crippen LogP contribution is -2.08.